The van der Waals surface area contributed by atoms with Gasteiger partial charge in [-0.05, 0) is 43.4 Å². The van der Waals surface area contributed by atoms with Crippen LogP contribution in [0.4, 0.5) is 0 Å². The maximum Gasteiger partial charge on any atom is 0.295 e. The Bertz CT molecular complexity index is 418. The van der Waals surface area contributed by atoms with Crippen molar-refractivity contribution in [2.24, 2.45) is 23.2 Å². The van der Waals surface area contributed by atoms with E-state index >= 15 is 0 Å². The van der Waals surface area contributed by atoms with Crippen LogP contribution in [0.25, 0.3) is 0 Å². The van der Waals surface area contributed by atoms with Crippen LogP contribution in [-0.4, -0.2) is 30.6 Å². The van der Waals surface area contributed by atoms with Crippen LogP contribution in [0, 0.1) is 23.2 Å². The van der Waals surface area contributed by atoms with Crippen LogP contribution < -0.4 is 0 Å². The third kappa shape index (κ3) is 3.97. The summed E-state index contributed by atoms with van der Waals surface area (Å²) in [6, 6.07) is 0. The molecule has 4 nitrogen and oxygen atoms in total. The smallest absolute Gasteiger partial charge is 0.295 e. The van der Waals surface area contributed by atoms with Crippen LogP contribution in [0.3, 0.4) is 0 Å². The van der Waals surface area contributed by atoms with Gasteiger partial charge in [0.1, 0.15) is 0 Å². The van der Waals surface area contributed by atoms with Gasteiger partial charge in [-0.25, -0.2) is 0 Å². The highest BCUT2D eigenvalue weighted by Gasteiger charge is 2.52. The molecule has 0 aromatic rings. The van der Waals surface area contributed by atoms with Crippen molar-refractivity contribution >= 4 is 6.47 Å². The van der Waals surface area contributed by atoms with E-state index in [0.29, 0.717) is 19.0 Å². The molecule has 2 aliphatic rings. The van der Waals surface area contributed by atoms with Gasteiger partial charge in [0.25, 0.3) is 6.47 Å². The molecule has 5 atom stereocenters. The maximum absolute atomic E-state index is 11.0. The molecule has 0 saturated heterocycles. The second-order valence-corrected chi connectivity index (χ2v) is 7.83. The summed E-state index contributed by atoms with van der Waals surface area (Å²) in [5.74, 6) is 0.367. The number of carbonyl (C=O) groups excluding carboxylic acids is 1. The summed E-state index contributed by atoms with van der Waals surface area (Å²) in [4.78, 5) is 11.0. The van der Waals surface area contributed by atoms with E-state index in [0.717, 1.165) is 44.1 Å². The predicted molar refractivity (Wildman–Crippen MR) is 89.7 cm³/mol. The molecule has 0 radical (unpaired) electrons. The molecule has 2 fully saturated rings. The average Bonchev–Trinajstić information content (AvgIpc) is 2.50. The van der Waals surface area contributed by atoms with Crippen LogP contribution in [0.1, 0.15) is 59.3 Å². The standard InChI is InChI=1S/C19H32O4/c1-5-6-11-22-18(23-12-20)16-13(2)7-8-14-17(16)15(21)9-10-19(14,3)4/h12,14-18,21H,2,5-11H2,1,3-4H3/t14-,15-,16?,17?,18+/m1/s1. The molecule has 2 saturated carbocycles. The third-order valence-corrected chi connectivity index (χ3v) is 5.92. The maximum atomic E-state index is 11.0. The molecule has 0 amide bonds. The number of hydrogen-bond acceptors (Lipinski definition) is 4. The molecule has 0 bridgehead atoms. The predicted octanol–water partition coefficient (Wildman–Crippen LogP) is 3.68. The van der Waals surface area contributed by atoms with Crippen LogP contribution in [-0.2, 0) is 14.3 Å². The van der Waals surface area contributed by atoms with Crippen molar-refractivity contribution in [2.75, 3.05) is 6.61 Å². The highest BCUT2D eigenvalue weighted by atomic mass is 16.7. The lowest BCUT2D eigenvalue weighted by atomic mass is 9.54. The number of hydrogen-bond donors (Lipinski definition) is 1. The normalized spacial score (nSPS) is 34.5. The largest absolute Gasteiger partial charge is 0.437 e. The Morgan fingerprint density at radius 3 is 2.83 bits per heavy atom. The minimum atomic E-state index is -0.622. The van der Waals surface area contributed by atoms with Gasteiger partial charge in [-0.3, -0.25) is 4.79 Å². The van der Waals surface area contributed by atoms with Crippen molar-refractivity contribution < 1.29 is 19.4 Å². The van der Waals surface area contributed by atoms with Gasteiger partial charge in [-0.2, -0.15) is 0 Å². The Kier molecular flexibility index (Phi) is 6.26. The zero-order chi connectivity index (χ0) is 17.0. The highest BCUT2D eigenvalue weighted by molar-refractivity contribution is 5.37. The second-order valence-electron chi connectivity index (χ2n) is 7.83. The zero-order valence-corrected chi connectivity index (χ0v) is 14.8. The highest BCUT2D eigenvalue weighted by Crippen LogP contribution is 2.54. The minimum absolute atomic E-state index is 0.0616. The molecule has 0 aromatic carbocycles. The van der Waals surface area contributed by atoms with Gasteiger partial charge < -0.3 is 14.6 Å². The SMILES string of the molecule is C=C1CC[C@@H]2C(C1[C@H](OC=O)OCCCC)[C@H](O)CCC2(C)C. The van der Waals surface area contributed by atoms with E-state index in [2.05, 4.69) is 27.4 Å². The fourth-order valence-corrected chi connectivity index (χ4v) is 4.54. The fraction of sp³-hybridized carbons (Fsp3) is 0.842. The quantitative estimate of drug-likeness (QED) is 0.336. The van der Waals surface area contributed by atoms with Gasteiger partial charge >= 0.3 is 0 Å². The Morgan fingerprint density at radius 2 is 2.17 bits per heavy atom. The molecular weight excluding hydrogens is 292 g/mol. The fourth-order valence-electron chi connectivity index (χ4n) is 4.54. The van der Waals surface area contributed by atoms with E-state index < -0.39 is 6.29 Å². The van der Waals surface area contributed by atoms with E-state index in [4.69, 9.17) is 9.47 Å². The number of aliphatic hydroxyl groups excluding tert-OH is 1. The van der Waals surface area contributed by atoms with E-state index in [1.54, 1.807) is 0 Å². The number of rotatable bonds is 7. The molecule has 2 rings (SSSR count). The molecule has 4 heteroatoms. The molecule has 0 aliphatic heterocycles. The Labute approximate surface area is 140 Å². The van der Waals surface area contributed by atoms with E-state index in [1.807, 2.05) is 0 Å². The molecule has 0 heterocycles. The van der Waals surface area contributed by atoms with Gasteiger partial charge in [0, 0.05) is 11.8 Å². The minimum Gasteiger partial charge on any atom is -0.437 e. The van der Waals surface area contributed by atoms with Gasteiger partial charge in [0.15, 0.2) is 0 Å². The molecule has 1 N–H and O–H groups in total. The molecule has 0 aromatic heterocycles. The van der Waals surface area contributed by atoms with Crippen molar-refractivity contribution in [2.45, 2.75) is 71.7 Å². The number of fused-ring (bicyclic) bond motifs is 1. The van der Waals surface area contributed by atoms with Crippen LogP contribution in [0.2, 0.25) is 0 Å². The van der Waals surface area contributed by atoms with Gasteiger partial charge in [-0.15, -0.1) is 0 Å². The Morgan fingerprint density at radius 1 is 1.43 bits per heavy atom. The summed E-state index contributed by atoms with van der Waals surface area (Å²) in [7, 11) is 0. The van der Waals surface area contributed by atoms with Crippen LogP contribution >= 0.6 is 0 Å². The van der Waals surface area contributed by atoms with Gasteiger partial charge in [0.05, 0.1) is 12.7 Å². The monoisotopic (exact) mass is 324 g/mol. The summed E-state index contributed by atoms with van der Waals surface area (Å²) in [5.41, 5.74) is 1.24. The lowest BCUT2D eigenvalue weighted by molar-refractivity contribution is -0.197. The van der Waals surface area contributed by atoms with Crippen molar-refractivity contribution in [3.8, 4) is 0 Å². The van der Waals surface area contributed by atoms with Gasteiger partial charge in [0.2, 0.25) is 6.29 Å². The van der Waals surface area contributed by atoms with Crippen LogP contribution in [0.5, 0.6) is 0 Å². The number of unbranched alkanes of at least 4 members (excludes halogenated alkanes) is 1. The molecule has 23 heavy (non-hydrogen) atoms. The molecule has 132 valence electrons. The Hall–Kier alpha value is -0.870. The molecule has 0 spiro atoms. The van der Waals surface area contributed by atoms with Crippen LogP contribution in [0.15, 0.2) is 12.2 Å². The number of ether oxygens (including phenoxy) is 2. The third-order valence-electron chi connectivity index (χ3n) is 5.92. The molecular formula is C19H32O4. The summed E-state index contributed by atoms with van der Waals surface area (Å²) in [6.45, 7) is 11.9. The van der Waals surface area contributed by atoms with E-state index in [-0.39, 0.29) is 23.4 Å². The second kappa shape index (κ2) is 7.80. The first-order valence-corrected chi connectivity index (χ1v) is 8.98. The lowest BCUT2D eigenvalue weighted by Crippen LogP contribution is -2.52. The first-order chi connectivity index (χ1) is 10.9. The average molecular weight is 324 g/mol. The number of aliphatic hydroxyl groups is 1. The summed E-state index contributed by atoms with van der Waals surface area (Å²) >= 11 is 0. The zero-order valence-electron chi connectivity index (χ0n) is 14.8. The first-order valence-electron chi connectivity index (χ1n) is 8.98. The van der Waals surface area contributed by atoms with Crippen molar-refractivity contribution in [1.82, 2.24) is 0 Å². The summed E-state index contributed by atoms with van der Waals surface area (Å²) in [5, 5.41) is 10.7. The number of carbonyl (C=O) groups is 1. The van der Waals surface area contributed by atoms with Crippen molar-refractivity contribution in [3.63, 3.8) is 0 Å². The van der Waals surface area contributed by atoms with E-state index in [9.17, 15) is 9.90 Å². The molecule has 2 unspecified atom stereocenters. The molecule has 2 aliphatic carbocycles. The first kappa shape index (κ1) is 18.5. The topological polar surface area (TPSA) is 55.8 Å². The van der Waals surface area contributed by atoms with Gasteiger partial charge in [-0.1, -0.05) is 39.3 Å². The van der Waals surface area contributed by atoms with Crippen molar-refractivity contribution in [3.05, 3.63) is 12.2 Å². The Balaban J connectivity index is 2.23. The summed E-state index contributed by atoms with van der Waals surface area (Å²) < 4.78 is 11.2. The van der Waals surface area contributed by atoms with Crippen molar-refractivity contribution in [1.29, 1.82) is 0 Å². The van der Waals surface area contributed by atoms with E-state index in [1.165, 1.54) is 0 Å². The lowest BCUT2D eigenvalue weighted by Gasteiger charge is -2.53. The summed E-state index contributed by atoms with van der Waals surface area (Å²) in [6.07, 6.45) is 4.75.